The van der Waals surface area contributed by atoms with Crippen LogP contribution in [-0.4, -0.2) is 82.5 Å². The fourth-order valence-corrected chi connectivity index (χ4v) is 6.93. The normalized spacial score (nSPS) is 23.9. The van der Waals surface area contributed by atoms with E-state index in [-0.39, 0.29) is 32.1 Å². The van der Waals surface area contributed by atoms with Crippen molar-refractivity contribution in [2.75, 3.05) is 11.5 Å². The Kier molecular flexibility index (Phi) is 14.8. The predicted octanol–water partition coefficient (Wildman–Crippen LogP) is 8.37. The van der Waals surface area contributed by atoms with Gasteiger partial charge in [-0.3, -0.25) is 0 Å². The minimum atomic E-state index is -5.39. The Morgan fingerprint density at radius 3 is 1.68 bits per heavy atom. The maximum atomic E-state index is 14.7. The minimum Gasteiger partial charge on any atom is -0.474 e. The molecular formula is C41H40F12N8O8. The zero-order valence-electron chi connectivity index (χ0n) is 35.7. The van der Waals surface area contributed by atoms with Crippen LogP contribution in [0.1, 0.15) is 80.8 Å². The number of rotatable bonds is 3. The zero-order valence-corrected chi connectivity index (χ0v) is 35.7. The SMILES string of the molecule is C[C@@H]1CCC=CC(O)C(OCc2ccccc2)(C(F)(F)F)c2nnc(o2)-c2nc(c(C(F)(F)F)cc2N)O1.C[C@@H]1CCCCC(O)C(O)(C(F)(F)F)c2nnc(o2)-c2nc(c(C(F)(F)F)cc2N)O1. The van der Waals surface area contributed by atoms with E-state index < -0.39 is 143 Å². The lowest BCUT2D eigenvalue weighted by molar-refractivity contribution is -0.319. The molecule has 6 heterocycles. The number of pyridine rings is 2. The van der Waals surface area contributed by atoms with Gasteiger partial charge in [0.15, 0.2) is 11.4 Å². The van der Waals surface area contributed by atoms with Crippen LogP contribution in [0.3, 0.4) is 0 Å². The van der Waals surface area contributed by atoms with Gasteiger partial charge < -0.3 is 49.8 Å². The van der Waals surface area contributed by atoms with Crippen LogP contribution < -0.4 is 20.9 Å². The topological polar surface area (TPSA) is 244 Å². The summed E-state index contributed by atoms with van der Waals surface area (Å²) in [5.41, 5.74) is -0.571. The molecular weight excluding hydrogens is 960 g/mol. The number of hydrogen-bond donors (Lipinski definition) is 5. The summed E-state index contributed by atoms with van der Waals surface area (Å²) in [6, 6.07) is 8.89. The Hall–Kier alpha value is -6.26. The van der Waals surface area contributed by atoms with Crippen molar-refractivity contribution in [1.82, 2.24) is 30.4 Å². The van der Waals surface area contributed by atoms with Crippen molar-refractivity contribution in [1.29, 1.82) is 0 Å². The molecule has 69 heavy (non-hydrogen) atoms. The summed E-state index contributed by atoms with van der Waals surface area (Å²) in [7, 11) is 0. The van der Waals surface area contributed by atoms with Gasteiger partial charge in [-0.1, -0.05) is 48.9 Å². The lowest BCUT2D eigenvalue weighted by atomic mass is 9.91. The quantitative estimate of drug-likeness (QED) is 0.0842. The third kappa shape index (κ3) is 11.0. The first kappa shape index (κ1) is 52.1. The van der Waals surface area contributed by atoms with Crippen LogP contribution in [0.4, 0.5) is 64.1 Å². The van der Waals surface area contributed by atoms with E-state index in [0.717, 1.165) is 6.08 Å². The highest BCUT2D eigenvalue weighted by molar-refractivity contribution is 5.69. The van der Waals surface area contributed by atoms with Crippen molar-refractivity contribution in [3.63, 3.8) is 0 Å². The third-order valence-electron chi connectivity index (χ3n) is 10.6. The van der Waals surface area contributed by atoms with E-state index in [9.17, 15) is 68.0 Å². The lowest BCUT2D eigenvalue weighted by Crippen LogP contribution is -2.53. The molecule has 0 fully saturated rings. The van der Waals surface area contributed by atoms with Gasteiger partial charge in [-0.05, 0) is 63.6 Å². The number of halogens is 12. The first-order valence-corrected chi connectivity index (χ1v) is 20.4. The third-order valence-corrected chi connectivity index (χ3v) is 10.6. The second-order valence-corrected chi connectivity index (χ2v) is 15.8. The Labute approximate surface area is 381 Å². The van der Waals surface area contributed by atoms with Gasteiger partial charge in [0.1, 0.15) is 23.3 Å². The summed E-state index contributed by atoms with van der Waals surface area (Å²) in [6.07, 6.45) is -24.7. The first-order chi connectivity index (χ1) is 32.1. The number of ether oxygens (including phenoxy) is 3. The Balaban J connectivity index is 0.000000232. The molecule has 7 rings (SSSR count). The molecule has 2 aliphatic rings. The number of alkyl halides is 12. The van der Waals surface area contributed by atoms with E-state index in [0.29, 0.717) is 17.7 Å². The molecule has 2 aliphatic heterocycles. The number of nitrogens with two attached hydrogens (primary N) is 2. The molecule has 0 radical (unpaired) electrons. The molecule has 16 nitrogen and oxygen atoms in total. The number of hydrogen-bond acceptors (Lipinski definition) is 16. The number of nitrogen functional groups attached to an aromatic ring is 2. The molecule has 0 aliphatic carbocycles. The molecule has 6 atom stereocenters. The number of aliphatic hydroxyl groups is 3. The Morgan fingerprint density at radius 1 is 0.681 bits per heavy atom. The van der Waals surface area contributed by atoms with Crippen molar-refractivity contribution in [3.8, 4) is 34.9 Å². The van der Waals surface area contributed by atoms with Crippen LogP contribution in [0.2, 0.25) is 0 Å². The number of nitrogens with zero attached hydrogens (tertiary/aromatic N) is 6. The highest BCUT2D eigenvalue weighted by Crippen LogP contribution is 2.48. The van der Waals surface area contributed by atoms with Crippen molar-refractivity contribution >= 4 is 11.4 Å². The maximum Gasteiger partial charge on any atom is 0.429 e. The van der Waals surface area contributed by atoms with Crippen molar-refractivity contribution < 1.29 is 91.0 Å². The van der Waals surface area contributed by atoms with E-state index in [2.05, 4.69) is 30.4 Å². The van der Waals surface area contributed by atoms with Gasteiger partial charge in [0.25, 0.3) is 34.8 Å². The molecule has 28 heteroatoms. The summed E-state index contributed by atoms with van der Waals surface area (Å²) in [6.45, 7) is 2.32. The molecule has 0 amide bonds. The van der Waals surface area contributed by atoms with Gasteiger partial charge in [0, 0.05) is 0 Å². The maximum absolute atomic E-state index is 14.7. The molecule has 0 spiro atoms. The number of fused-ring (bicyclic) bond motifs is 10. The minimum absolute atomic E-state index is 0.000789. The molecule has 0 saturated carbocycles. The van der Waals surface area contributed by atoms with Crippen LogP contribution in [0.15, 0.2) is 63.5 Å². The van der Waals surface area contributed by atoms with Crippen molar-refractivity contribution in [2.24, 2.45) is 0 Å². The van der Waals surface area contributed by atoms with Crippen LogP contribution in [-0.2, 0) is 34.9 Å². The van der Waals surface area contributed by atoms with Gasteiger partial charge in [0.05, 0.1) is 30.2 Å². The molecule has 4 unspecified atom stereocenters. The summed E-state index contributed by atoms with van der Waals surface area (Å²) < 4.78 is 192. The fraction of sp³-hybridized carbons (Fsp3) is 0.463. The van der Waals surface area contributed by atoms with Crippen LogP contribution >= 0.6 is 0 Å². The van der Waals surface area contributed by atoms with Crippen LogP contribution in [0.25, 0.3) is 23.2 Å². The van der Waals surface area contributed by atoms with Gasteiger partial charge in [0.2, 0.25) is 11.8 Å². The van der Waals surface area contributed by atoms with Gasteiger partial charge in [-0.2, -0.15) is 52.7 Å². The standard InChI is InChI=1S/C24H22F6N4O4.C17H18F6N4O4/c1-13-7-5-6-10-17(35)22(24(28,29)30,36-12-14-8-3-2-4-9-14)21-34-33-20(38-21)18-16(31)11-15(23(25,26)27)19(32-18)37-13;1-7-4-2-3-5-10(28)15(29,17(21,22)23)14-27-26-13(31-14)11-9(24)6-8(16(18,19)20)12(25-11)30-7/h2-4,6,8-11,13,17,35H,5,7,12,31H2,1H3;6-7,10,28-29H,2-5,24H2,1H3/t13-,17?,22?;7-,10?,15?/m11/s1. The molecule has 376 valence electrons. The Bertz CT molecular complexity index is 2590. The van der Waals surface area contributed by atoms with Gasteiger partial charge in [-0.15, -0.1) is 20.4 Å². The first-order valence-electron chi connectivity index (χ1n) is 20.4. The Morgan fingerprint density at radius 2 is 1.17 bits per heavy atom. The van der Waals surface area contributed by atoms with Crippen LogP contribution in [0, 0.1) is 0 Å². The molecule has 5 aromatic rings. The summed E-state index contributed by atoms with van der Waals surface area (Å²) in [5, 5.41) is 44.7. The molecule has 4 aromatic heterocycles. The van der Waals surface area contributed by atoms with E-state index in [1.165, 1.54) is 32.1 Å². The monoisotopic (exact) mass is 1000 g/mol. The fourth-order valence-electron chi connectivity index (χ4n) is 6.93. The molecule has 1 aromatic carbocycles. The summed E-state index contributed by atoms with van der Waals surface area (Å²) in [5.74, 6) is -5.80. The molecule has 7 N–H and O–H groups in total. The van der Waals surface area contributed by atoms with Crippen LogP contribution in [0.5, 0.6) is 11.8 Å². The second kappa shape index (κ2) is 19.6. The number of benzene rings is 1. The highest BCUT2D eigenvalue weighted by atomic mass is 19.4. The average molecular weight is 1000 g/mol. The summed E-state index contributed by atoms with van der Waals surface area (Å²) in [4.78, 5) is 7.44. The smallest absolute Gasteiger partial charge is 0.429 e. The second-order valence-electron chi connectivity index (χ2n) is 15.8. The van der Waals surface area contributed by atoms with E-state index in [1.54, 1.807) is 18.2 Å². The van der Waals surface area contributed by atoms with E-state index in [4.69, 9.17) is 34.5 Å². The number of allylic oxidation sites excluding steroid dienone is 1. The number of aromatic nitrogens is 6. The summed E-state index contributed by atoms with van der Waals surface area (Å²) >= 11 is 0. The van der Waals surface area contributed by atoms with Gasteiger partial charge in [-0.25, -0.2) is 9.97 Å². The average Bonchev–Trinajstić information content (AvgIpc) is 3.95. The van der Waals surface area contributed by atoms with E-state index >= 15 is 0 Å². The number of aliphatic hydroxyl groups excluding tert-OH is 2. The largest absolute Gasteiger partial charge is 0.474 e. The van der Waals surface area contributed by atoms with Crippen molar-refractivity contribution in [2.45, 2.75) is 119 Å². The van der Waals surface area contributed by atoms with Gasteiger partial charge >= 0.3 is 24.7 Å². The van der Waals surface area contributed by atoms with Crippen molar-refractivity contribution in [3.05, 3.63) is 83.1 Å². The molecule has 0 saturated heterocycles. The van der Waals surface area contributed by atoms with E-state index in [1.807, 2.05) is 0 Å². The zero-order chi connectivity index (χ0) is 50.9. The lowest BCUT2D eigenvalue weighted by Gasteiger charge is -2.35. The molecule has 8 bridgehead atoms. The predicted molar refractivity (Wildman–Crippen MR) is 212 cm³/mol. The highest BCUT2D eigenvalue weighted by Gasteiger charge is 2.66. The number of anilines is 2.